The number of carbonyl (C=O) groups excluding carboxylic acids is 1. The largest absolute Gasteiger partial charge is 0.469 e. The van der Waals surface area contributed by atoms with Gasteiger partial charge in [-0.1, -0.05) is 29.8 Å². The summed E-state index contributed by atoms with van der Waals surface area (Å²) in [5.41, 5.74) is 5.40. The molecule has 4 bridgehead atoms. The Kier molecular flexibility index (Phi) is 2.95. The number of aromatic nitrogens is 1. The zero-order chi connectivity index (χ0) is 16.4. The molecule has 0 amide bonds. The van der Waals surface area contributed by atoms with E-state index in [2.05, 4.69) is 47.1 Å². The molecule has 5 atom stereocenters. The second-order valence-corrected chi connectivity index (χ2v) is 7.28. The number of rotatable bonds is 1. The maximum atomic E-state index is 12.5. The number of hydrogen-bond donors (Lipinski definition) is 1. The van der Waals surface area contributed by atoms with Crippen molar-refractivity contribution in [2.24, 2.45) is 11.8 Å². The Hall–Kier alpha value is -2.07. The molecule has 0 saturated carbocycles. The molecule has 3 unspecified atom stereocenters. The van der Waals surface area contributed by atoms with Gasteiger partial charge in [0.15, 0.2) is 0 Å². The molecule has 24 heavy (non-hydrogen) atoms. The maximum Gasteiger partial charge on any atom is 0.310 e. The molecular weight excluding hydrogens is 300 g/mol. The zero-order valence-corrected chi connectivity index (χ0v) is 14.1. The summed E-state index contributed by atoms with van der Waals surface area (Å²) in [4.78, 5) is 18.8. The lowest BCUT2D eigenvalue weighted by Gasteiger charge is -2.57. The van der Waals surface area contributed by atoms with Gasteiger partial charge in [0.1, 0.15) is 0 Å². The number of ether oxygens (including phenoxy) is 1. The van der Waals surface area contributed by atoms with Crippen LogP contribution in [0.3, 0.4) is 0 Å². The first-order valence-corrected chi connectivity index (χ1v) is 8.81. The summed E-state index contributed by atoms with van der Waals surface area (Å²) in [6.07, 6.45) is 4.15. The Morgan fingerprint density at radius 2 is 2.21 bits per heavy atom. The molecular formula is C20H22N2O2. The molecule has 0 radical (unpaired) electrons. The number of esters is 1. The third kappa shape index (κ3) is 1.69. The van der Waals surface area contributed by atoms with Crippen molar-refractivity contribution in [3.8, 4) is 0 Å². The molecule has 4 heteroatoms. The lowest BCUT2D eigenvalue weighted by Crippen LogP contribution is -2.62. The average molecular weight is 322 g/mol. The third-order valence-electron chi connectivity index (χ3n) is 6.43. The van der Waals surface area contributed by atoms with Gasteiger partial charge in [0, 0.05) is 29.2 Å². The fraction of sp³-hybridized carbons (Fsp3) is 0.450. The Morgan fingerprint density at radius 1 is 1.38 bits per heavy atom. The molecule has 6 rings (SSSR count). The highest BCUT2D eigenvalue weighted by Crippen LogP contribution is 2.54. The number of nitrogens with zero attached hydrogens (tertiary/aromatic N) is 1. The molecule has 2 aromatic rings. The fourth-order valence-electron chi connectivity index (χ4n) is 5.39. The first-order chi connectivity index (χ1) is 11.7. The molecule has 124 valence electrons. The number of fused-ring (bicyclic) bond motifs is 4. The Balaban J connectivity index is 1.67. The molecule has 4 nitrogen and oxygen atoms in total. The van der Waals surface area contributed by atoms with Gasteiger partial charge in [-0.3, -0.25) is 9.69 Å². The van der Waals surface area contributed by atoms with Crippen LogP contribution in [-0.2, 0) is 16.0 Å². The minimum Gasteiger partial charge on any atom is -0.469 e. The van der Waals surface area contributed by atoms with E-state index < -0.39 is 0 Å². The predicted octanol–water partition coefficient (Wildman–Crippen LogP) is 3.20. The van der Waals surface area contributed by atoms with Gasteiger partial charge in [0.2, 0.25) is 0 Å². The summed E-state index contributed by atoms with van der Waals surface area (Å²) in [5.74, 6) is 0.241. The Labute approximate surface area is 141 Å². The topological polar surface area (TPSA) is 45.3 Å². The first kappa shape index (κ1) is 14.3. The number of piperidine rings is 3. The number of carbonyl (C=O) groups is 1. The van der Waals surface area contributed by atoms with Crippen molar-refractivity contribution in [3.05, 3.63) is 47.2 Å². The second kappa shape index (κ2) is 4.96. The molecule has 4 aliphatic rings. The van der Waals surface area contributed by atoms with Crippen LogP contribution in [0.25, 0.3) is 10.9 Å². The van der Waals surface area contributed by atoms with Crippen LogP contribution in [0.1, 0.15) is 30.6 Å². The molecule has 5 heterocycles. The summed E-state index contributed by atoms with van der Waals surface area (Å²) < 4.78 is 5.18. The number of methoxy groups -OCH3 is 1. The van der Waals surface area contributed by atoms with Crippen molar-refractivity contribution >= 4 is 16.9 Å². The summed E-state index contributed by atoms with van der Waals surface area (Å²) in [5, 5.41) is 1.32. The van der Waals surface area contributed by atoms with E-state index in [1.54, 1.807) is 0 Å². The molecule has 0 aliphatic carbocycles. The molecule has 0 spiro atoms. The van der Waals surface area contributed by atoms with Crippen molar-refractivity contribution in [2.75, 3.05) is 13.7 Å². The van der Waals surface area contributed by atoms with Crippen molar-refractivity contribution in [3.63, 3.8) is 0 Å². The number of H-pyrrole nitrogens is 1. The minimum absolute atomic E-state index is 0.0342. The first-order valence-electron chi connectivity index (χ1n) is 8.81. The van der Waals surface area contributed by atoms with Gasteiger partial charge < -0.3 is 9.72 Å². The average Bonchev–Trinajstić information content (AvgIpc) is 2.99. The highest BCUT2D eigenvalue weighted by Gasteiger charge is 2.55. The monoisotopic (exact) mass is 322 g/mol. The van der Waals surface area contributed by atoms with E-state index in [0.717, 1.165) is 19.4 Å². The van der Waals surface area contributed by atoms with Crippen molar-refractivity contribution in [2.45, 2.75) is 31.8 Å². The standard InChI is InChI=1S/C20H22N2O2/c1-3-11-10-22-16-9-14-12-6-4-5-7-15(12)21-19(14)17(22)8-13(11)18(16)20(23)24-2/h3-7,13,16-18,21H,8-10H2,1-2H3/b11-3+/t13-,16-,17?,18?/m1/s1. The van der Waals surface area contributed by atoms with Gasteiger partial charge in [-0.2, -0.15) is 0 Å². The molecule has 3 fully saturated rings. The number of nitrogens with one attached hydrogen (secondary N) is 1. The normalized spacial score (nSPS) is 35.2. The fourth-order valence-corrected chi connectivity index (χ4v) is 5.39. The van der Waals surface area contributed by atoms with Gasteiger partial charge in [-0.25, -0.2) is 0 Å². The number of benzene rings is 1. The minimum atomic E-state index is -0.0456. The van der Waals surface area contributed by atoms with E-state index in [-0.39, 0.29) is 17.9 Å². The van der Waals surface area contributed by atoms with Crippen molar-refractivity contribution in [1.82, 2.24) is 9.88 Å². The predicted molar refractivity (Wildman–Crippen MR) is 92.6 cm³/mol. The van der Waals surface area contributed by atoms with E-state index in [4.69, 9.17) is 4.74 Å². The maximum absolute atomic E-state index is 12.5. The smallest absolute Gasteiger partial charge is 0.310 e. The molecule has 1 N–H and O–H groups in total. The van der Waals surface area contributed by atoms with Crippen molar-refractivity contribution < 1.29 is 9.53 Å². The summed E-state index contributed by atoms with van der Waals surface area (Å²) in [6, 6.07) is 9.20. The highest BCUT2D eigenvalue weighted by atomic mass is 16.5. The number of allylic oxidation sites excluding steroid dienone is 1. The van der Waals surface area contributed by atoms with Crippen molar-refractivity contribution in [1.29, 1.82) is 0 Å². The Bertz CT molecular complexity index is 866. The number of aromatic amines is 1. The van der Waals surface area contributed by atoms with Gasteiger partial charge in [0.05, 0.1) is 19.1 Å². The van der Waals surface area contributed by atoms with Gasteiger partial charge >= 0.3 is 5.97 Å². The van der Waals surface area contributed by atoms with Gasteiger partial charge in [-0.15, -0.1) is 0 Å². The second-order valence-electron chi connectivity index (χ2n) is 7.28. The molecule has 1 aromatic heterocycles. The summed E-state index contributed by atoms with van der Waals surface area (Å²) >= 11 is 0. The van der Waals surface area contributed by atoms with Crippen LogP contribution in [0, 0.1) is 11.8 Å². The van der Waals surface area contributed by atoms with Crippen LogP contribution in [0.5, 0.6) is 0 Å². The number of para-hydroxylation sites is 1. The van der Waals surface area contributed by atoms with E-state index in [1.807, 2.05) is 0 Å². The van der Waals surface area contributed by atoms with Crippen LogP contribution in [-0.4, -0.2) is 35.5 Å². The van der Waals surface area contributed by atoms with Crippen LogP contribution in [0.4, 0.5) is 0 Å². The van der Waals surface area contributed by atoms with Crippen LogP contribution in [0.2, 0.25) is 0 Å². The Morgan fingerprint density at radius 3 is 3.00 bits per heavy atom. The van der Waals surface area contributed by atoms with E-state index in [0.29, 0.717) is 12.0 Å². The number of hydrogen-bond acceptors (Lipinski definition) is 3. The molecule has 3 saturated heterocycles. The van der Waals surface area contributed by atoms with Crippen LogP contribution >= 0.6 is 0 Å². The highest BCUT2D eigenvalue weighted by molar-refractivity contribution is 5.86. The summed E-state index contributed by atoms with van der Waals surface area (Å²) in [7, 11) is 1.52. The SMILES string of the molecule is C/C=C1\CN2C3C[C@H]1C(C(=O)OC)[C@H]2Cc1c3[nH]c2ccccc12. The van der Waals surface area contributed by atoms with Gasteiger partial charge in [-0.05, 0) is 37.3 Å². The molecule has 4 aliphatic heterocycles. The lowest BCUT2D eigenvalue weighted by atomic mass is 9.64. The van der Waals surface area contributed by atoms with E-state index in [1.165, 1.54) is 34.8 Å². The van der Waals surface area contributed by atoms with Crippen LogP contribution < -0.4 is 0 Å². The van der Waals surface area contributed by atoms with Crippen LogP contribution in [0.15, 0.2) is 35.9 Å². The lowest BCUT2D eigenvalue weighted by molar-refractivity contribution is -0.157. The quantitative estimate of drug-likeness (QED) is 0.648. The summed E-state index contributed by atoms with van der Waals surface area (Å²) in [6.45, 7) is 3.08. The molecule has 1 aromatic carbocycles. The van der Waals surface area contributed by atoms with E-state index >= 15 is 0 Å². The van der Waals surface area contributed by atoms with E-state index in [9.17, 15) is 4.79 Å². The zero-order valence-electron chi connectivity index (χ0n) is 14.1. The third-order valence-corrected chi connectivity index (χ3v) is 6.43. The van der Waals surface area contributed by atoms with Gasteiger partial charge in [0.25, 0.3) is 0 Å².